The molecule has 11 aliphatic rings. The van der Waals surface area contributed by atoms with Gasteiger partial charge in [-0.05, 0) is 163 Å². The number of allylic oxidation sites excluding steroid dienone is 12. The van der Waals surface area contributed by atoms with Crippen molar-refractivity contribution in [2.75, 3.05) is 13.2 Å². The summed E-state index contributed by atoms with van der Waals surface area (Å²) in [6.07, 6.45) is 60.9. The van der Waals surface area contributed by atoms with E-state index in [1.165, 1.54) is 135 Å². The summed E-state index contributed by atoms with van der Waals surface area (Å²) in [4.78, 5) is 0. The molecule has 1 nitrogen and oxygen atoms in total. The number of hydrogen-bond donors (Lipinski definition) is 0. The molecule has 2 radical (unpaired) electrons. The van der Waals surface area contributed by atoms with Crippen molar-refractivity contribution in [2.45, 2.75) is 183 Å². The van der Waals surface area contributed by atoms with Crippen LogP contribution in [0.15, 0.2) is 71.4 Å². The zero-order valence-electron chi connectivity index (χ0n) is 33.5. The van der Waals surface area contributed by atoms with E-state index in [1.807, 2.05) is 5.31 Å². The number of ether oxygens (including phenoxy) is 1. The van der Waals surface area contributed by atoms with Gasteiger partial charge in [0.25, 0.3) is 0 Å². The fraction of sp³-hybridized carbons (Fsp3) is 0.755. The lowest BCUT2D eigenvalue weighted by molar-refractivity contribution is 0.198. The van der Waals surface area contributed by atoms with Crippen LogP contribution in [0.4, 0.5) is 0 Å². The SMILES string of the molecule is C1=CC2C=CC1C2.C1=CC2CC1C=C2P(C1CCCCC1)C1CCCCC1.C1CCOC1.[B][P+](C1=CC2C=CC1C2)(C1CCCCC1)C1CCCCC1. The van der Waals surface area contributed by atoms with Gasteiger partial charge in [0.05, 0.1) is 16.6 Å². The van der Waals surface area contributed by atoms with Crippen LogP contribution in [0.2, 0.25) is 0 Å². The van der Waals surface area contributed by atoms with Crippen molar-refractivity contribution in [1.82, 2.24) is 0 Å². The smallest absolute Gasteiger partial charge is 0.371 e. The Labute approximate surface area is 329 Å². The first kappa shape index (κ1) is 39.2. The topological polar surface area (TPSA) is 9.23 Å². The predicted octanol–water partition coefficient (Wildman–Crippen LogP) is 14.6. The third-order valence-electron chi connectivity index (χ3n) is 15.4. The summed E-state index contributed by atoms with van der Waals surface area (Å²) >= 11 is 0. The first-order valence-corrected chi connectivity index (χ1v) is 26.8. The lowest BCUT2D eigenvalue weighted by atomic mass is 9.99. The Morgan fingerprint density at radius 3 is 1.23 bits per heavy atom. The van der Waals surface area contributed by atoms with Crippen LogP contribution in [0, 0.1) is 35.5 Å². The maximum Gasteiger partial charge on any atom is 0.371 e. The second kappa shape index (κ2) is 19.2. The molecule has 288 valence electrons. The molecule has 0 amide bonds. The average Bonchev–Trinajstić information content (AvgIpc) is 4.10. The molecule has 1 heterocycles. The summed E-state index contributed by atoms with van der Waals surface area (Å²) in [6, 6.07) is 0. The highest BCUT2D eigenvalue weighted by Crippen LogP contribution is 2.77. The summed E-state index contributed by atoms with van der Waals surface area (Å²) < 4.78 is 4.94. The van der Waals surface area contributed by atoms with Crippen molar-refractivity contribution in [1.29, 1.82) is 0 Å². The monoisotopic (exact) mass is 752 g/mol. The Balaban J connectivity index is 0.000000115. The largest absolute Gasteiger partial charge is 0.381 e. The third-order valence-corrected chi connectivity index (χ3v) is 23.9. The summed E-state index contributed by atoms with van der Waals surface area (Å²) in [5.74, 6) is 4.79. The van der Waals surface area contributed by atoms with E-state index in [4.69, 9.17) is 12.3 Å². The molecule has 0 N–H and O–H groups in total. The van der Waals surface area contributed by atoms with Gasteiger partial charge in [0.15, 0.2) is 0 Å². The quantitative estimate of drug-likeness (QED) is 0.149. The Bertz CT molecular complexity index is 1270. The summed E-state index contributed by atoms with van der Waals surface area (Å²) in [6.45, 7) is 2.00. The number of rotatable bonds is 6. The van der Waals surface area contributed by atoms with Crippen molar-refractivity contribution in [2.24, 2.45) is 35.5 Å². The van der Waals surface area contributed by atoms with E-state index in [0.29, 0.717) is 0 Å². The minimum Gasteiger partial charge on any atom is -0.381 e. The van der Waals surface area contributed by atoms with Crippen LogP contribution in [0.1, 0.15) is 161 Å². The highest BCUT2D eigenvalue weighted by molar-refractivity contribution is 8.01. The molecule has 1 aliphatic heterocycles. The van der Waals surface area contributed by atoms with Crippen LogP contribution in [0.5, 0.6) is 0 Å². The highest BCUT2D eigenvalue weighted by atomic mass is 31.2. The van der Waals surface area contributed by atoms with E-state index < -0.39 is 7.14 Å². The van der Waals surface area contributed by atoms with Crippen LogP contribution in [-0.4, -0.2) is 43.4 Å². The molecule has 4 atom stereocenters. The molecule has 10 aliphatic carbocycles. The predicted molar refractivity (Wildman–Crippen MR) is 235 cm³/mol. The Hall–Kier alpha value is -0.675. The molecule has 11 rings (SSSR count). The van der Waals surface area contributed by atoms with Crippen LogP contribution >= 0.6 is 15.1 Å². The van der Waals surface area contributed by atoms with E-state index in [1.54, 1.807) is 31.0 Å². The zero-order chi connectivity index (χ0) is 35.9. The lowest BCUT2D eigenvalue weighted by Crippen LogP contribution is -2.30. The van der Waals surface area contributed by atoms with Gasteiger partial charge in [-0.2, -0.15) is 0 Å². The second-order valence-electron chi connectivity index (χ2n) is 19.0. The molecule has 0 aromatic carbocycles. The molecule has 1 saturated heterocycles. The molecule has 0 aromatic heterocycles. The van der Waals surface area contributed by atoms with Gasteiger partial charge in [-0.3, -0.25) is 0 Å². The van der Waals surface area contributed by atoms with Gasteiger partial charge in [-0.15, -0.1) is 0 Å². The Morgan fingerprint density at radius 2 is 0.887 bits per heavy atom. The highest BCUT2D eigenvalue weighted by Gasteiger charge is 2.54. The standard InChI is InChI=1S/C19H29BP.C19H29P.C7H8.C4H8O/c20-21(17-7-3-1-4-8-17,18-9-5-2-6-10-18)19-14-15-11-12-16(19)13-15;1-3-7-17(8-4-1)20(18-9-5-2-6-10-18)19-14-15-11-12-16(19)13-15;1-2-7-4-3-6(1)5-7;1-2-4-5-3-1/h11-12,14-18H,1-10,13H2;11-12,14-18H,1-10,13H2;1-4,6-7H,5H2;1-4H2/q+1;;;. The van der Waals surface area contributed by atoms with E-state index in [-0.39, 0.29) is 7.92 Å². The maximum atomic E-state index is 7.45. The first-order chi connectivity index (χ1) is 26.1. The van der Waals surface area contributed by atoms with Gasteiger partial charge < -0.3 is 4.74 Å². The van der Waals surface area contributed by atoms with E-state index in [2.05, 4.69) is 60.8 Å². The molecule has 4 heteroatoms. The first-order valence-electron chi connectivity index (χ1n) is 23.4. The molecular formula is C49H74BOP2+. The molecule has 4 unspecified atom stereocenters. The van der Waals surface area contributed by atoms with Gasteiger partial charge >= 0.3 is 7.57 Å². The molecular weight excluding hydrogens is 677 g/mol. The normalized spacial score (nSPS) is 34.8. The molecule has 0 aromatic rings. The zero-order valence-corrected chi connectivity index (χ0v) is 35.3. The summed E-state index contributed by atoms with van der Waals surface area (Å²) in [5.41, 5.74) is 3.93. The van der Waals surface area contributed by atoms with Gasteiger partial charge in [-0.25, -0.2) is 0 Å². The Kier molecular flexibility index (Phi) is 14.2. The van der Waals surface area contributed by atoms with Crippen molar-refractivity contribution in [3.8, 4) is 0 Å². The van der Waals surface area contributed by atoms with Gasteiger partial charge in [0.2, 0.25) is 0 Å². The van der Waals surface area contributed by atoms with Crippen molar-refractivity contribution in [3.63, 3.8) is 0 Å². The third kappa shape index (κ3) is 9.55. The number of fused-ring (bicyclic) bond motifs is 6. The molecule has 0 spiro atoms. The number of hydrogen-bond acceptors (Lipinski definition) is 1. The lowest BCUT2D eigenvalue weighted by Gasteiger charge is -2.43. The van der Waals surface area contributed by atoms with Crippen LogP contribution < -0.4 is 0 Å². The summed E-state index contributed by atoms with van der Waals surface area (Å²) in [7, 11) is 6.25. The van der Waals surface area contributed by atoms with Crippen molar-refractivity contribution >= 4 is 22.6 Å². The minimum atomic E-state index is -1.40. The molecule has 53 heavy (non-hydrogen) atoms. The van der Waals surface area contributed by atoms with E-state index in [0.717, 1.165) is 71.4 Å². The fourth-order valence-corrected chi connectivity index (χ4v) is 21.8. The van der Waals surface area contributed by atoms with Gasteiger partial charge in [0.1, 0.15) is 0 Å². The maximum absolute atomic E-state index is 7.45. The van der Waals surface area contributed by atoms with Crippen LogP contribution in [0.25, 0.3) is 0 Å². The van der Waals surface area contributed by atoms with E-state index >= 15 is 0 Å². The van der Waals surface area contributed by atoms with E-state index in [9.17, 15) is 0 Å². The average molecular weight is 752 g/mol. The van der Waals surface area contributed by atoms with Gasteiger partial charge in [0, 0.05) is 25.0 Å². The Morgan fingerprint density at radius 1 is 0.453 bits per heavy atom. The minimum absolute atomic E-state index is 0.197. The fourth-order valence-electron chi connectivity index (χ4n) is 12.5. The van der Waals surface area contributed by atoms with Crippen LogP contribution in [-0.2, 0) is 4.74 Å². The van der Waals surface area contributed by atoms with Crippen molar-refractivity contribution in [3.05, 3.63) is 71.4 Å². The summed E-state index contributed by atoms with van der Waals surface area (Å²) in [5, 5.41) is 3.74. The van der Waals surface area contributed by atoms with Crippen LogP contribution in [0.3, 0.4) is 0 Å². The molecule has 4 saturated carbocycles. The van der Waals surface area contributed by atoms with Crippen molar-refractivity contribution < 1.29 is 4.74 Å². The molecule has 6 bridgehead atoms. The molecule has 5 fully saturated rings. The second-order valence-corrected chi connectivity index (χ2v) is 25.5. The van der Waals surface area contributed by atoms with Gasteiger partial charge in [-0.1, -0.05) is 114 Å².